The molecule has 3 aromatic rings. The van der Waals surface area contributed by atoms with Crippen LogP contribution in [0.4, 0.5) is 9.59 Å². The summed E-state index contributed by atoms with van der Waals surface area (Å²) < 4.78 is 17.6. The summed E-state index contributed by atoms with van der Waals surface area (Å²) in [4.78, 5) is 28.9. The number of hydrogen-bond donors (Lipinski definition) is 0. The number of carbonyl (C=O) groups is 2. The molecule has 3 aromatic carbocycles. The first-order valence-corrected chi connectivity index (χ1v) is 16.0. The largest absolute Gasteiger partial charge is 0.489 e. The monoisotopic (exact) mass is 563 g/mol. The number of likely N-dealkylation sites (tertiary alicyclic amines) is 1. The fourth-order valence-electron chi connectivity index (χ4n) is 4.66. The van der Waals surface area contributed by atoms with Crippen LogP contribution in [-0.4, -0.2) is 47.8 Å². The van der Waals surface area contributed by atoms with Crippen LogP contribution in [0, 0.1) is 5.92 Å². The summed E-state index contributed by atoms with van der Waals surface area (Å²) in [6.07, 6.45) is 3.31. The van der Waals surface area contributed by atoms with Crippen molar-refractivity contribution in [2.75, 3.05) is 26.0 Å². The van der Waals surface area contributed by atoms with Crippen molar-refractivity contribution in [2.45, 2.75) is 56.5 Å². The van der Waals surface area contributed by atoms with E-state index in [1.165, 1.54) is 0 Å². The van der Waals surface area contributed by atoms with E-state index in [1.54, 1.807) is 4.90 Å². The van der Waals surface area contributed by atoms with Crippen molar-refractivity contribution in [3.8, 4) is 5.75 Å². The van der Waals surface area contributed by atoms with E-state index in [1.807, 2.05) is 99.8 Å². The van der Waals surface area contributed by atoms with E-state index in [2.05, 4.69) is 12.1 Å². The third-order valence-corrected chi connectivity index (χ3v) is 10.0. The molecule has 1 saturated heterocycles. The highest BCUT2D eigenvalue weighted by atomic mass is 32.3. The summed E-state index contributed by atoms with van der Waals surface area (Å²) >= 11 is 0. The number of ether oxygens (including phenoxy) is 3. The van der Waals surface area contributed by atoms with Crippen molar-refractivity contribution < 1.29 is 23.8 Å². The van der Waals surface area contributed by atoms with Gasteiger partial charge in [-0.3, -0.25) is 0 Å². The van der Waals surface area contributed by atoms with Gasteiger partial charge in [0.25, 0.3) is 0 Å². The summed E-state index contributed by atoms with van der Waals surface area (Å²) in [5, 5.41) is -0.175. The molecule has 214 valence electrons. The second kappa shape index (κ2) is 13.3. The summed E-state index contributed by atoms with van der Waals surface area (Å²) in [6, 6.07) is 28.0. The maximum absolute atomic E-state index is 13.8. The van der Waals surface area contributed by atoms with Gasteiger partial charge in [-0.05, 0) is 75.1 Å². The van der Waals surface area contributed by atoms with Gasteiger partial charge in [0, 0.05) is 23.7 Å². The molecule has 1 unspecified atom stereocenters. The Kier molecular flexibility index (Phi) is 9.80. The molecule has 0 spiro atoms. The second-order valence-electron chi connectivity index (χ2n) is 11.4. The molecule has 1 heterocycles. The number of nitrogens with zero attached hydrogens (tertiary/aromatic N) is 1. The Labute approximate surface area is 239 Å². The molecular weight excluding hydrogens is 522 g/mol. The molecule has 0 aliphatic carbocycles. The standard InChI is InChI=1S/C33H41NO5S/c1-33(2,3)39-31(35)34-20-18-27(19-21-34)24-38-32(36)40(4,25-28-14-9-6-10-15-28)30-17-11-16-29(22-30)37-23-26-12-7-5-8-13-26/h5-17,22,27H,18-21,23-25H2,1-4H3. The lowest BCUT2D eigenvalue weighted by molar-refractivity contribution is 0.0155. The highest BCUT2D eigenvalue weighted by molar-refractivity contribution is 8.43. The molecule has 1 atom stereocenters. The second-order valence-corrected chi connectivity index (χ2v) is 14.7. The van der Waals surface area contributed by atoms with Crippen molar-refractivity contribution in [3.63, 3.8) is 0 Å². The molecule has 0 saturated carbocycles. The number of rotatable bonds is 8. The number of hydrogen-bond acceptors (Lipinski definition) is 5. The first kappa shape index (κ1) is 29.5. The van der Waals surface area contributed by atoms with Gasteiger partial charge in [-0.1, -0.05) is 66.7 Å². The van der Waals surface area contributed by atoms with Crippen molar-refractivity contribution in [2.24, 2.45) is 5.92 Å². The quantitative estimate of drug-likeness (QED) is 0.260. The molecule has 4 rings (SSSR count). The van der Waals surface area contributed by atoms with Crippen LogP contribution in [0.3, 0.4) is 0 Å². The van der Waals surface area contributed by atoms with E-state index in [0.29, 0.717) is 32.1 Å². The van der Waals surface area contributed by atoms with Crippen LogP contribution >= 0.6 is 10.0 Å². The van der Waals surface area contributed by atoms with E-state index in [9.17, 15) is 9.59 Å². The zero-order chi connectivity index (χ0) is 28.6. The zero-order valence-electron chi connectivity index (χ0n) is 24.0. The van der Waals surface area contributed by atoms with Gasteiger partial charge in [0.2, 0.25) is 0 Å². The first-order valence-electron chi connectivity index (χ1n) is 13.8. The fourth-order valence-corrected chi connectivity index (χ4v) is 7.08. The normalized spacial score (nSPS) is 16.4. The summed E-state index contributed by atoms with van der Waals surface area (Å²) in [6.45, 7) is 7.63. The van der Waals surface area contributed by atoms with Gasteiger partial charge in [0.1, 0.15) is 18.0 Å². The molecule has 6 nitrogen and oxygen atoms in total. The lowest BCUT2D eigenvalue weighted by Crippen LogP contribution is -2.42. The molecule has 0 radical (unpaired) electrons. The highest BCUT2D eigenvalue weighted by Crippen LogP contribution is 2.57. The van der Waals surface area contributed by atoms with Crippen LogP contribution in [0.1, 0.15) is 44.7 Å². The average molecular weight is 564 g/mol. The van der Waals surface area contributed by atoms with Gasteiger partial charge in [-0.15, -0.1) is 10.0 Å². The SMILES string of the molecule is CC(C)(C)OC(=O)N1CCC(COC(=O)S(C)(Cc2ccccc2)c2cccc(OCc3ccccc3)c2)CC1. The van der Waals surface area contributed by atoms with E-state index in [0.717, 1.165) is 34.6 Å². The Morgan fingerprint density at radius 1 is 0.875 bits per heavy atom. The predicted octanol–water partition coefficient (Wildman–Crippen LogP) is 8.04. The molecule has 0 N–H and O–H groups in total. The van der Waals surface area contributed by atoms with Gasteiger partial charge in [0.15, 0.2) is 0 Å². The molecule has 40 heavy (non-hydrogen) atoms. The van der Waals surface area contributed by atoms with Crippen molar-refractivity contribution in [1.82, 2.24) is 4.90 Å². The first-order chi connectivity index (χ1) is 19.1. The van der Waals surface area contributed by atoms with Crippen molar-refractivity contribution >= 4 is 21.4 Å². The van der Waals surface area contributed by atoms with E-state index >= 15 is 0 Å². The minimum atomic E-state index is -2.03. The molecule has 0 bridgehead atoms. The average Bonchev–Trinajstić information content (AvgIpc) is 2.95. The Bertz CT molecular complexity index is 1250. The third kappa shape index (κ3) is 8.28. The van der Waals surface area contributed by atoms with Crippen LogP contribution < -0.4 is 4.74 Å². The van der Waals surface area contributed by atoms with Crippen molar-refractivity contribution in [3.05, 3.63) is 96.1 Å². The van der Waals surface area contributed by atoms with Gasteiger partial charge >= 0.3 is 11.4 Å². The topological polar surface area (TPSA) is 65.1 Å². The molecule has 0 aromatic heterocycles. The molecule has 1 amide bonds. The van der Waals surface area contributed by atoms with E-state index < -0.39 is 15.6 Å². The maximum Gasteiger partial charge on any atom is 0.410 e. The van der Waals surface area contributed by atoms with Gasteiger partial charge in [0.05, 0.1) is 6.61 Å². The molecular formula is C33H41NO5S. The van der Waals surface area contributed by atoms with Crippen LogP contribution in [0.15, 0.2) is 89.8 Å². The molecule has 7 heteroatoms. The summed E-state index contributed by atoms with van der Waals surface area (Å²) in [5.41, 5.74) is 1.67. The highest BCUT2D eigenvalue weighted by Gasteiger charge is 2.34. The lowest BCUT2D eigenvalue weighted by Gasteiger charge is -2.36. The Morgan fingerprint density at radius 3 is 2.12 bits per heavy atom. The molecule has 1 aliphatic rings. The zero-order valence-corrected chi connectivity index (χ0v) is 24.8. The summed E-state index contributed by atoms with van der Waals surface area (Å²) in [5.74, 6) is 1.53. The Hall–Kier alpha value is -3.45. The number of piperidine rings is 1. The lowest BCUT2D eigenvalue weighted by atomic mass is 9.98. The molecule has 1 aliphatic heterocycles. The van der Waals surface area contributed by atoms with E-state index in [4.69, 9.17) is 14.2 Å². The van der Waals surface area contributed by atoms with E-state index in [-0.39, 0.29) is 17.3 Å². The minimum absolute atomic E-state index is 0.175. The predicted molar refractivity (Wildman–Crippen MR) is 161 cm³/mol. The van der Waals surface area contributed by atoms with Gasteiger partial charge in [-0.2, -0.15) is 0 Å². The van der Waals surface area contributed by atoms with Crippen molar-refractivity contribution in [1.29, 1.82) is 0 Å². The third-order valence-electron chi connectivity index (χ3n) is 6.94. The van der Waals surface area contributed by atoms with Crippen LogP contribution in [0.25, 0.3) is 0 Å². The fraction of sp³-hybridized carbons (Fsp3) is 0.394. The van der Waals surface area contributed by atoms with Crippen LogP contribution in [0.5, 0.6) is 5.75 Å². The number of amides is 1. The van der Waals surface area contributed by atoms with Crippen LogP contribution in [0.2, 0.25) is 0 Å². The smallest absolute Gasteiger partial charge is 0.410 e. The summed E-state index contributed by atoms with van der Waals surface area (Å²) in [7, 11) is -2.03. The number of carbonyl (C=O) groups excluding carboxylic acids is 2. The minimum Gasteiger partial charge on any atom is -0.489 e. The Morgan fingerprint density at radius 2 is 1.50 bits per heavy atom. The van der Waals surface area contributed by atoms with Gasteiger partial charge in [-0.25, -0.2) is 9.59 Å². The number of benzene rings is 3. The molecule has 1 fully saturated rings. The maximum atomic E-state index is 13.8. The van der Waals surface area contributed by atoms with Gasteiger partial charge < -0.3 is 19.1 Å². The Balaban J connectivity index is 1.43. The van der Waals surface area contributed by atoms with Crippen LogP contribution in [-0.2, 0) is 21.8 Å².